The first kappa shape index (κ1) is 20.5. The number of nitrogens with zero attached hydrogens (tertiary/aromatic N) is 3. The van der Waals surface area contributed by atoms with Gasteiger partial charge in [-0.3, -0.25) is 4.99 Å². The maximum atomic E-state index is 5.85. The summed E-state index contributed by atoms with van der Waals surface area (Å²) in [4.78, 5) is 9.63. The van der Waals surface area contributed by atoms with Crippen molar-refractivity contribution in [3.63, 3.8) is 0 Å². The molecule has 2 heterocycles. The van der Waals surface area contributed by atoms with Crippen LogP contribution in [-0.4, -0.2) is 74.8 Å². The second kappa shape index (κ2) is 11.0. The van der Waals surface area contributed by atoms with Gasteiger partial charge in [0.15, 0.2) is 5.96 Å². The number of piperidine rings is 1. The normalized spacial score (nSPS) is 24.1. The van der Waals surface area contributed by atoms with Gasteiger partial charge in [0, 0.05) is 39.8 Å². The Morgan fingerprint density at radius 2 is 1.96 bits per heavy atom. The molecule has 0 spiro atoms. The van der Waals surface area contributed by atoms with E-state index in [2.05, 4.69) is 40.9 Å². The summed E-state index contributed by atoms with van der Waals surface area (Å²) in [6, 6.07) is 0. The standard InChI is InChI=1S/C20H40N4O/c1-5-25-19(17(2)3)9-11-22-20(21-4)24-14-10-18(16-24)15-23-12-7-6-8-13-23/h17-19H,5-16H2,1-4H3,(H,21,22). The third kappa shape index (κ3) is 6.78. The number of aliphatic imine (C=N–C) groups is 1. The smallest absolute Gasteiger partial charge is 0.193 e. The molecule has 1 N–H and O–H groups in total. The summed E-state index contributed by atoms with van der Waals surface area (Å²) in [5.74, 6) is 2.42. The molecule has 5 nitrogen and oxygen atoms in total. The average Bonchev–Trinajstić information content (AvgIpc) is 3.06. The van der Waals surface area contributed by atoms with Crippen molar-refractivity contribution in [3.05, 3.63) is 0 Å². The van der Waals surface area contributed by atoms with Crippen molar-refractivity contribution in [2.45, 2.75) is 59.0 Å². The quantitative estimate of drug-likeness (QED) is 0.539. The lowest BCUT2D eigenvalue weighted by Gasteiger charge is -2.29. The second-order valence-electron chi connectivity index (χ2n) is 7.96. The number of ether oxygens (including phenoxy) is 1. The Kier molecular flexibility index (Phi) is 9.04. The molecule has 0 amide bonds. The van der Waals surface area contributed by atoms with Crippen LogP contribution in [0.3, 0.4) is 0 Å². The zero-order chi connectivity index (χ0) is 18.1. The van der Waals surface area contributed by atoms with Crippen LogP contribution in [0.15, 0.2) is 4.99 Å². The van der Waals surface area contributed by atoms with Crippen LogP contribution < -0.4 is 5.32 Å². The molecular weight excluding hydrogens is 312 g/mol. The molecule has 2 atom stereocenters. The molecule has 2 saturated heterocycles. The van der Waals surface area contributed by atoms with Gasteiger partial charge in [-0.05, 0) is 57.5 Å². The van der Waals surface area contributed by atoms with E-state index < -0.39 is 0 Å². The summed E-state index contributed by atoms with van der Waals surface area (Å²) >= 11 is 0. The first-order valence-corrected chi connectivity index (χ1v) is 10.4. The van der Waals surface area contributed by atoms with Crippen molar-refractivity contribution in [1.82, 2.24) is 15.1 Å². The summed E-state index contributed by atoms with van der Waals surface area (Å²) < 4.78 is 5.85. The summed E-state index contributed by atoms with van der Waals surface area (Å²) in [7, 11) is 1.91. The molecule has 2 rings (SSSR count). The van der Waals surface area contributed by atoms with E-state index in [1.54, 1.807) is 0 Å². The van der Waals surface area contributed by atoms with E-state index in [-0.39, 0.29) is 0 Å². The van der Waals surface area contributed by atoms with Crippen LogP contribution in [0, 0.1) is 11.8 Å². The molecular formula is C20H40N4O. The molecule has 0 bridgehead atoms. The van der Waals surface area contributed by atoms with Gasteiger partial charge in [0.1, 0.15) is 0 Å². The molecule has 2 unspecified atom stereocenters. The topological polar surface area (TPSA) is 40.1 Å². The van der Waals surface area contributed by atoms with E-state index in [9.17, 15) is 0 Å². The van der Waals surface area contributed by atoms with Crippen LogP contribution in [0.25, 0.3) is 0 Å². The number of hydrogen-bond donors (Lipinski definition) is 1. The van der Waals surface area contributed by atoms with Crippen molar-refractivity contribution < 1.29 is 4.74 Å². The summed E-state index contributed by atoms with van der Waals surface area (Å²) in [5, 5.41) is 3.56. The average molecular weight is 353 g/mol. The lowest BCUT2D eigenvalue weighted by Crippen LogP contribution is -2.42. The van der Waals surface area contributed by atoms with Gasteiger partial charge >= 0.3 is 0 Å². The molecule has 2 aliphatic rings. The van der Waals surface area contributed by atoms with E-state index in [1.165, 1.54) is 45.3 Å². The number of hydrogen-bond acceptors (Lipinski definition) is 3. The minimum Gasteiger partial charge on any atom is -0.378 e. The minimum atomic E-state index is 0.334. The minimum absolute atomic E-state index is 0.334. The van der Waals surface area contributed by atoms with E-state index in [4.69, 9.17) is 4.74 Å². The molecule has 2 aliphatic heterocycles. The molecule has 25 heavy (non-hydrogen) atoms. The number of nitrogens with one attached hydrogen (secondary N) is 1. The van der Waals surface area contributed by atoms with E-state index in [1.807, 2.05) is 7.05 Å². The molecule has 0 aromatic heterocycles. The molecule has 0 aliphatic carbocycles. The van der Waals surface area contributed by atoms with Gasteiger partial charge in [-0.25, -0.2) is 0 Å². The van der Waals surface area contributed by atoms with E-state index in [0.29, 0.717) is 12.0 Å². The highest BCUT2D eigenvalue weighted by Crippen LogP contribution is 2.20. The largest absolute Gasteiger partial charge is 0.378 e. The zero-order valence-corrected chi connectivity index (χ0v) is 17.0. The maximum absolute atomic E-state index is 5.85. The second-order valence-corrected chi connectivity index (χ2v) is 7.96. The van der Waals surface area contributed by atoms with Gasteiger partial charge in [0.05, 0.1) is 6.10 Å². The molecule has 146 valence electrons. The monoisotopic (exact) mass is 352 g/mol. The predicted octanol–water partition coefficient (Wildman–Crippen LogP) is 2.82. The van der Waals surface area contributed by atoms with Crippen molar-refractivity contribution in [2.24, 2.45) is 16.8 Å². The van der Waals surface area contributed by atoms with Crippen molar-refractivity contribution in [1.29, 1.82) is 0 Å². The van der Waals surface area contributed by atoms with Crippen LogP contribution in [0.4, 0.5) is 0 Å². The van der Waals surface area contributed by atoms with Crippen LogP contribution in [0.5, 0.6) is 0 Å². The Bertz CT molecular complexity index is 393. The summed E-state index contributed by atoms with van der Waals surface area (Å²) in [6.45, 7) is 14.4. The summed E-state index contributed by atoms with van der Waals surface area (Å²) in [5.41, 5.74) is 0. The van der Waals surface area contributed by atoms with Crippen LogP contribution in [-0.2, 0) is 4.74 Å². The van der Waals surface area contributed by atoms with Crippen molar-refractivity contribution in [2.75, 3.05) is 52.9 Å². The Balaban J connectivity index is 1.71. The lowest BCUT2D eigenvalue weighted by atomic mass is 10.0. The molecule has 0 aromatic carbocycles. The fourth-order valence-corrected chi connectivity index (χ4v) is 4.16. The maximum Gasteiger partial charge on any atom is 0.193 e. The van der Waals surface area contributed by atoms with Gasteiger partial charge in [0.25, 0.3) is 0 Å². The zero-order valence-electron chi connectivity index (χ0n) is 17.0. The lowest BCUT2D eigenvalue weighted by molar-refractivity contribution is 0.0257. The number of likely N-dealkylation sites (tertiary alicyclic amines) is 2. The highest BCUT2D eigenvalue weighted by molar-refractivity contribution is 5.80. The van der Waals surface area contributed by atoms with Gasteiger partial charge in [-0.1, -0.05) is 20.3 Å². The first-order valence-electron chi connectivity index (χ1n) is 10.4. The number of guanidine groups is 1. The predicted molar refractivity (Wildman–Crippen MR) is 106 cm³/mol. The van der Waals surface area contributed by atoms with Gasteiger partial charge in [-0.2, -0.15) is 0 Å². The third-order valence-electron chi connectivity index (χ3n) is 5.60. The van der Waals surface area contributed by atoms with Crippen molar-refractivity contribution >= 4 is 5.96 Å². The van der Waals surface area contributed by atoms with Crippen LogP contribution >= 0.6 is 0 Å². The van der Waals surface area contributed by atoms with Crippen molar-refractivity contribution in [3.8, 4) is 0 Å². The van der Waals surface area contributed by atoms with Gasteiger partial charge in [-0.15, -0.1) is 0 Å². The summed E-state index contributed by atoms with van der Waals surface area (Å²) in [6.07, 6.45) is 6.86. The number of rotatable bonds is 8. The third-order valence-corrected chi connectivity index (χ3v) is 5.60. The molecule has 2 fully saturated rings. The highest BCUT2D eigenvalue weighted by Gasteiger charge is 2.27. The molecule has 0 aromatic rings. The Labute approximate surface area is 155 Å². The van der Waals surface area contributed by atoms with Crippen LogP contribution in [0.2, 0.25) is 0 Å². The fraction of sp³-hybridized carbons (Fsp3) is 0.950. The Morgan fingerprint density at radius 1 is 1.20 bits per heavy atom. The highest BCUT2D eigenvalue weighted by atomic mass is 16.5. The molecule has 5 heteroatoms. The molecule has 0 saturated carbocycles. The molecule has 0 radical (unpaired) electrons. The Hall–Kier alpha value is -0.810. The van der Waals surface area contributed by atoms with E-state index in [0.717, 1.165) is 44.5 Å². The fourth-order valence-electron chi connectivity index (χ4n) is 4.16. The Morgan fingerprint density at radius 3 is 2.60 bits per heavy atom. The van der Waals surface area contributed by atoms with Crippen LogP contribution in [0.1, 0.15) is 52.9 Å². The van der Waals surface area contributed by atoms with Gasteiger partial charge in [0.2, 0.25) is 0 Å². The SMILES string of the molecule is CCOC(CCNC(=NC)N1CCC(CN2CCCCC2)C1)C(C)C. The first-order chi connectivity index (χ1) is 12.1. The van der Waals surface area contributed by atoms with E-state index >= 15 is 0 Å². The van der Waals surface area contributed by atoms with Gasteiger partial charge < -0.3 is 19.9 Å².